The van der Waals surface area contributed by atoms with Gasteiger partial charge >= 0.3 is 0 Å². The molecule has 0 amide bonds. The minimum atomic E-state index is 0.349. The number of hydrogen-bond donors (Lipinski definition) is 1. The van der Waals surface area contributed by atoms with Crippen LogP contribution < -0.4 is 10.1 Å². The standard InChI is InChI=1S/C16H19NOS/c1-12(17-2)15-6-4-5-7-16(15)19-14-10-8-13(18-3)9-11-14/h4-12,17H,1-3H3. The van der Waals surface area contributed by atoms with Crippen molar-refractivity contribution in [3.8, 4) is 5.75 Å². The Bertz CT molecular complexity index is 525. The van der Waals surface area contributed by atoms with Crippen LogP contribution in [0.2, 0.25) is 0 Å². The Morgan fingerprint density at radius 1 is 1.05 bits per heavy atom. The van der Waals surface area contributed by atoms with E-state index in [0.717, 1.165) is 5.75 Å². The molecular formula is C16H19NOS. The zero-order valence-electron chi connectivity index (χ0n) is 11.5. The van der Waals surface area contributed by atoms with Gasteiger partial charge in [0.05, 0.1) is 7.11 Å². The summed E-state index contributed by atoms with van der Waals surface area (Å²) in [4.78, 5) is 2.51. The summed E-state index contributed by atoms with van der Waals surface area (Å²) in [6.07, 6.45) is 0. The maximum atomic E-state index is 5.18. The van der Waals surface area contributed by atoms with Gasteiger partial charge < -0.3 is 10.1 Å². The molecule has 0 spiro atoms. The third kappa shape index (κ3) is 3.52. The van der Waals surface area contributed by atoms with Gasteiger partial charge in [0, 0.05) is 15.8 Å². The molecule has 0 aliphatic rings. The largest absolute Gasteiger partial charge is 0.497 e. The molecule has 0 heterocycles. The summed E-state index contributed by atoms with van der Waals surface area (Å²) in [5, 5.41) is 3.29. The highest BCUT2D eigenvalue weighted by atomic mass is 32.2. The Morgan fingerprint density at radius 2 is 1.74 bits per heavy atom. The molecule has 0 radical (unpaired) electrons. The average Bonchev–Trinajstić information content (AvgIpc) is 2.48. The molecule has 0 fully saturated rings. The molecule has 1 N–H and O–H groups in total. The Hall–Kier alpha value is -1.45. The van der Waals surface area contributed by atoms with Crippen LogP contribution in [0.15, 0.2) is 58.3 Å². The quantitative estimate of drug-likeness (QED) is 0.885. The molecule has 3 heteroatoms. The van der Waals surface area contributed by atoms with Crippen LogP contribution in [0, 0.1) is 0 Å². The smallest absolute Gasteiger partial charge is 0.118 e. The highest BCUT2D eigenvalue weighted by molar-refractivity contribution is 7.99. The number of methoxy groups -OCH3 is 1. The predicted molar refractivity (Wildman–Crippen MR) is 81.0 cm³/mol. The fourth-order valence-corrected chi connectivity index (χ4v) is 2.89. The van der Waals surface area contributed by atoms with Crippen molar-refractivity contribution in [1.29, 1.82) is 0 Å². The van der Waals surface area contributed by atoms with Crippen molar-refractivity contribution < 1.29 is 4.74 Å². The maximum Gasteiger partial charge on any atom is 0.118 e. The van der Waals surface area contributed by atoms with Crippen LogP contribution in [-0.4, -0.2) is 14.2 Å². The minimum Gasteiger partial charge on any atom is -0.497 e. The second-order valence-corrected chi connectivity index (χ2v) is 5.44. The van der Waals surface area contributed by atoms with Gasteiger partial charge in [-0.05, 0) is 49.9 Å². The van der Waals surface area contributed by atoms with Gasteiger partial charge in [0.25, 0.3) is 0 Å². The molecule has 0 saturated heterocycles. The molecule has 2 rings (SSSR count). The lowest BCUT2D eigenvalue weighted by molar-refractivity contribution is 0.414. The van der Waals surface area contributed by atoms with Crippen molar-refractivity contribution in [2.24, 2.45) is 0 Å². The summed E-state index contributed by atoms with van der Waals surface area (Å²) in [7, 11) is 3.67. The van der Waals surface area contributed by atoms with Crippen LogP contribution in [-0.2, 0) is 0 Å². The van der Waals surface area contributed by atoms with E-state index >= 15 is 0 Å². The third-order valence-electron chi connectivity index (χ3n) is 3.11. The normalized spacial score (nSPS) is 12.2. The fraction of sp³-hybridized carbons (Fsp3) is 0.250. The third-order valence-corrected chi connectivity index (χ3v) is 4.21. The Balaban J connectivity index is 2.22. The molecular weight excluding hydrogens is 254 g/mol. The molecule has 1 unspecified atom stereocenters. The van der Waals surface area contributed by atoms with Crippen molar-refractivity contribution in [2.45, 2.75) is 22.8 Å². The monoisotopic (exact) mass is 273 g/mol. The van der Waals surface area contributed by atoms with Gasteiger partial charge in [-0.25, -0.2) is 0 Å². The van der Waals surface area contributed by atoms with E-state index in [2.05, 4.69) is 48.6 Å². The number of rotatable bonds is 5. The molecule has 100 valence electrons. The minimum absolute atomic E-state index is 0.349. The molecule has 0 bridgehead atoms. The van der Waals surface area contributed by atoms with Crippen molar-refractivity contribution in [2.75, 3.05) is 14.2 Å². The van der Waals surface area contributed by atoms with Gasteiger partial charge in [0.15, 0.2) is 0 Å². The van der Waals surface area contributed by atoms with E-state index in [4.69, 9.17) is 4.74 Å². The van der Waals surface area contributed by atoms with Crippen molar-refractivity contribution in [3.05, 3.63) is 54.1 Å². The van der Waals surface area contributed by atoms with Gasteiger partial charge in [0.2, 0.25) is 0 Å². The molecule has 0 saturated carbocycles. The first kappa shape index (κ1) is 14.0. The first-order valence-electron chi connectivity index (χ1n) is 6.32. The molecule has 19 heavy (non-hydrogen) atoms. The molecule has 2 aromatic carbocycles. The second kappa shape index (κ2) is 6.64. The summed E-state index contributed by atoms with van der Waals surface area (Å²) in [6.45, 7) is 2.17. The molecule has 0 aliphatic carbocycles. The van der Waals surface area contributed by atoms with Gasteiger partial charge in [-0.1, -0.05) is 30.0 Å². The van der Waals surface area contributed by atoms with Gasteiger partial charge in [-0.15, -0.1) is 0 Å². The maximum absolute atomic E-state index is 5.18. The predicted octanol–water partition coefficient (Wildman–Crippen LogP) is 4.13. The Kier molecular flexibility index (Phi) is 4.88. The topological polar surface area (TPSA) is 21.3 Å². The van der Waals surface area contributed by atoms with E-state index in [0.29, 0.717) is 6.04 Å². The summed E-state index contributed by atoms with van der Waals surface area (Å²) in [5.74, 6) is 0.890. The lowest BCUT2D eigenvalue weighted by Gasteiger charge is -2.15. The van der Waals surface area contributed by atoms with E-state index < -0.39 is 0 Å². The number of benzene rings is 2. The second-order valence-electron chi connectivity index (χ2n) is 4.33. The van der Waals surface area contributed by atoms with Gasteiger partial charge in [-0.2, -0.15) is 0 Å². The van der Waals surface area contributed by atoms with Crippen LogP contribution in [0.4, 0.5) is 0 Å². The van der Waals surface area contributed by atoms with E-state index in [1.54, 1.807) is 18.9 Å². The first-order valence-corrected chi connectivity index (χ1v) is 7.14. The molecule has 2 nitrogen and oxygen atoms in total. The lowest BCUT2D eigenvalue weighted by atomic mass is 10.1. The Labute approximate surface area is 119 Å². The SMILES string of the molecule is CNC(C)c1ccccc1Sc1ccc(OC)cc1. The summed E-state index contributed by atoms with van der Waals surface area (Å²) < 4.78 is 5.18. The molecule has 2 aromatic rings. The number of hydrogen-bond acceptors (Lipinski definition) is 3. The number of ether oxygens (including phenoxy) is 1. The van der Waals surface area contributed by atoms with Crippen LogP contribution in [0.3, 0.4) is 0 Å². The fourth-order valence-electron chi connectivity index (χ4n) is 1.86. The zero-order valence-corrected chi connectivity index (χ0v) is 12.3. The van der Waals surface area contributed by atoms with Crippen LogP contribution in [0.5, 0.6) is 5.75 Å². The molecule has 0 aromatic heterocycles. The van der Waals surface area contributed by atoms with Crippen molar-refractivity contribution >= 4 is 11.8 Å². The van der Waals surface area contributed by atoms with E-state index in [1.807, 2.05) is 19.2 Å². The summed E-state index contributed by atoms with van der Waals surface area (Å²) >= 11 is 1.78. The van der Waals surface area contributed by atoms with Crippen molar-refractivity contribution in [1.82, 2.24) is 5.32 Å². The highest BCUT2D eigenvalue weighted by Crippen LogP contribution is 2.33. The van der Waals surface area contributed by atoms with Gasteiger partial charge in [-0.3, -0.25) is 0 Å². The highest BCUT2D eigenvalue weighted by Gasteiger charge is 2.09. The van der Waals surface area contributed by atoms with Crippen LogP contribution >= 0.6 is 11.8 Å². The van der Waals surface area contributed by atoms with Crippen LogP contribution in [0.1, 0.15) is 18.5 Å². The van der Waals surface area contributed by atoms with Crippen LogP contribution in [0.25, 0.3) is 0 Å². The first-order chi connectivity index (χ1) is 9.24. The van der Waals surface area contributed by atoms with Crippen molar-refractivity contribution in [3.63, 3.8) is 0 Å². The molecule has 0 aliphatic heterocycles. The summed E-state index contributed by atoms with van der Waals surface area (Å²) in [5.41, 5.74) is 1.32. The van der Waals surface area contributed by atoms with E-state index in [9.17, 15) is 0 Å². The zero-order chi connectivity index (χ0) is 13.7. The summed E-state index contributed by atoms with van der Waals surface area (Å²) in [6, 6.07) is 17.0. The average molecular weight is 273 g/mol. The Morgan fingerprint density at radius 3 is 2.37 bits per heavy atom. The van der Waals surface area contributed by atoms with E-state index in [1.165, 1.54) is 15.4 Å². The van der Waals surface area contributed by atoms with Gasteiger partial charge in [0.1, 0.15) is 5.75 Å². The number of nitrogens with one attached hydrogen (secondary N) is 1. The molecule has 1 atom stereocenters. The lowest BCUT2D eigenvalue weighted by Crippen LogP contribution is -2.12. The van der Waals surface area contributed by atoms with E-state index in [-0.39, 0.29) is 0 Å².